The predicted molar refractivity (Wildman–Crippen MR) is 38.7 cm³/mol. The van der Waals surface area contributed by atoms with E-state index in [1.165, 1.54) is 12.3 Å². The molecule has 4 heteroatoms. The third-order valence-electron chi connectivity index (χ3n) is 1.20. The van der Waals surface area contributed by atoms with E-state index in [-0.39, 0.29) is 4.90 Å². The number of hydrogen-bond donors (Lipinski definition) is 0. The Labute approximate surface area is 65.5 Å². The lowest BCUT2D eigenvalue weighted by molar-refractivity contribution is 0.562. The molecule has 0 heterocycles. The average molecular weight is 176 g/mol. The maximum absolute atomic E-state index is 12.7. The molecule has 0 amide bonds. The van der Waals surface area contributed by atoms with Crippen molar-refractivity contribution in [2.75, 3.05) is 6.26 Å². The molecule has 60 valence electrons. The maximum atomic E-state index is 12.7. The SMILES string of the molecule is C[S@](=O)c1ccc(F)cc1F. The fraction of sp³-hybridized carbons (Fsp3) is 0.143. The molecular formula is C7H6F2OS. The molecule has 0 aliphatic carbocycles. The molecular weight excluding hydrogens is 170 g/mol. The van der Waals surface area contributed by atoms with Gasteiger partial charge in [-0.05, 0) is 12.1 Å². The second-order valence-corrected chi connectivity index (χ2v) is 3.38. The van der Waals surface area contributed by atoms with Gasteiger partial charge >= 0.3 is 0 Å². The van der Waals surface area contributed by atoms with E-state index in [0.717, 1.165) is 12.1 Å². The van der Waals surface area contributed by atoms with Crippen molar-refractivity contribution >= 4 is 10.8 Å². The fourth-order valence-electron chi connectivity index (χ4n) is 0.708. The summed E-state index contributed by atoms with van der Waals surface area (Å²) in [6.45, 7) is 0. The lowest BCUT2D eigenvalue weighted by Crippen LogP contribution is -1.92. The minimum atomic E-state index is -1.39. The van der Waals surface area contributed by atoms with Crippen LogP contribution in [0.4, 0.5) is 8.78 Å². The molecule has 1 rings (SSSR count). The summed E-state index contributed by atoms with van der Waals surface area (Å²) in [6.07, 6.45) is 1.34. The van der Waals surface area contributed by atoms with Gasteiger partial charge in [-0.1, -0.05) is 0 Å². The van der Waals surface area contributed by atoms with Gasteiger partial charge in [0.25, 0.3) is 0 Å². The summed E-state index contributed by atoms with van der Waals surface area (Å²) >= 11 is 0. The van der Waals surface area contributed by atoms with Crippen molar-refractivity contribution in [2.45, 2.75) is 4.90 Å². The first-order chi connectivity index (χ1) is 5.11. The van der Waals surface area contributed by atoms with Crippen LogP contribution in [0, 0.1) is 11.6 Å². The van der Waals surface area contributed by atoms with Gasteiger partial charge in [0.15, 0.2) is 0 Å². The number of benzene rings is 1. The van der Waals surface area contributed by atoms with E-state index in [1.54, 1.807) is 0 Å². The van der Waals surface area contributed by atoms with Gasteiger partial charge in [-0.25, -0.2) is 8.78 Å². The molecule has 0 fully saturated rings. The Hall–Kier alpha value is -0.770. The number of hydrogen-bond acceptors (Lipinski definition) is 1. The van der Waals surface area contributed by atoms with E-state index >= 15 is 0 Å². The summed E-state index contributed by atoms with van der Waals surface area (Å²) in [5.74, 6) is -1.41. The molecule has 0 aliphatic heterocycles. The van der Waals surface area contributed by atoms with Gasteiger partial charge in [0.2, 0.25) is 0 Å². The van der Waals surface area contributed by atoms with Crippen LogP contribution >= 0.6 is 0 Å². The molecule has 11 heavy (non-hydrogen) atoms. The molecule has 0 saturated carbocycles. The summed E-state index contributed by atoms with van der Waals surface area (Å²) in [6, 6.07) is 2.98. The molecule has 0 spiro atoms. The van der Waals surface area contributed by atoms with E-state index < -0.39 is 22.4 Å². The standard InChI is InChI=1S/C7H6F2OS/c1-11(10)7-3-2-5(8)4-6(7)9/h2-4H,1H3/t11-/m0/s1. The number of halogens is 2. The van der Waals surface area contributed by atoms with Gasteiger partial charge in [0, 0.05) is 12.3 Å². The second kappa shape index (κ2) is 3.09. The highest BCUT2D eigenvalue weighted by Crippen LogP contribution is 2.11. The minimum absolute atomic E-state index is 0.0337. The normalized spacial score (nSPS) is 13.0. The van der Waals surface area contributed by atoms with Gasteiger partial charge in [-0.3, -0.25) is 4.21 Å². The third-order valence-corrected chi connectivity index (χ3v) is 2.15. The van der Waals surface area contributed by atoms with Crippen LogP contribution in [0.2, 0.25) is 0 Å². The molecule has 1 nitrogen and oxygen atoms in total. The van der Waals surface area contributed by atoms with Crippen LogP contribution in [-0.2, 0) is 10.8 Å². The zero-order valence-electron chi connectivity index (χ0n) is 5.80. The van der Waals surface area contributed by atoms with Crippen molar-refractivity contribution in [3.05, 3.63) is 29.8 Å². The molecule has 1 atom stereocenters. The molecule has 0 bridgehead atoms. The van der Waals surface area contributed by atoms with Gasteiger partial charge in [-0.2, -0.15) is 0 Å². The molecule has 1 aromatic carbocycles. The van der Waals surface area contributed by atoms with Crippen LogP contribution in [0.25, 0.3) is 0 Å². The van der Waals surface area contributed by atoms with Gasteiger partial charge < -0.3 is 0 Å². The highest BCUT2D eigenvalue weighted by Gasteiger charge is 2.05. The van der Waals surface area contributed by atoms with E-state index in [9.17, 15) is 13.0 Å². The smallest absolute Gasteiger partial charge is 0.142 e. The first-order valence-electron chi connectivity index (χ1n) is 2.90. The highest BCUT2D eigenvalue weighted by molar-refractivity contribution is 7.84. The zero-order chi connectivity index (χ0) is 8.43. The summed E-state index contributed by atoms with van der Waals surface area (Å²) in [5, 5.41) is 0. The Kier molecular flexibility index (Phi) is 2.34. The second-order valence-electron chi connectivity index (χ2n) is 2.03. The van der Waals surface area contributed by atoms with E-state index in [1.807, 2.05) is 0 Å². The summed E-state index contributed by atoms with van der Waals surface area (Å²) in [5.41, 5.74) is 0. The van der Waals surface area contributed by atoms with Crippen LogP contribution in [0.15, 0.2) is 23.1 Å². The van der Waals surface area contributed by atoms with Crippen LogP contribution in [0.5, 0.6) is 0 Å². The lowest BCUT2D eigenvalue weighted by Gasteiger charge is -1.96. The Morgan fingerprint density at radius 1 is 1.36 bits per heavy atom. The van der Waals surface area contributed by atoms with Gasteiger partial charge in [0.1, 0.15) is 11.6 Å². The Morgan fingerprint density at radius 2 is 2.00 bits per heavy atom. The zero-order valence-corrected chi connectivity index (χ0v) is 6.62. The first-order valence-corrected chi connectivity index (χ1v) is 4.45. The average Bonchev–Trinajstić information content (AvgIpc) is 1.85. The monoisotopic (exact) mass is 176 g/mol. The molecule has 0 aromatic heterocycles. The predicted octanol–water partition coefficient (Wildman–Crippen LogP) is 1.70. The summed E-state index contributed by atoms with van der Waals surface area (Å²) in [7, 11) is -1.39. The van der Waals surface area contributed by atoms with Crippen molar-refractivity contribution in [3.63, 3.8) is 0 Å². The molecule has 0 unspecified atom stereocenters. The first kappa shape index (κ1) is 8.33. The minimum Gasteiger partial charge on any atom is -0.255 e. The van der Waals surface area contributed by atoms with Gasteiger partial charge in [0.05, 0.1) is 15.7 Å². The van der Waals surface area contributed by atoms with E-state index in [2.05, 4.69) is 0 Å². The van der Waals surface area contributed by atoms with Crippen molar-refractivity contribution in [1.82, 2.24) is 0 Å². The van der Waals surface area contributed by atoms with Crippen LogP contribution in [-0.4, -0.2) is 10.5 Å². The third kappa shape index (κ3) is 1.83. The fourth-order valence-corrected chi connectivity index (χ4v) is 1.30. The Bertz CT molecular complexity index is 298. The molecule has 0 aliphatic rings. The Morgan fingerprint density at radius 3 is 2.45 bits per heavy atom. The van der Waals surface area contributed by atoms with Crippen LogP contribution in [0.1, 0.15) is 0 Å². The largest absolute Gasteiger partial charge is 0.255 e. The van der Waals surface area contributed by atoms with Crippen molar-refractivity contribution in [2.24, 2.45) is 0 Å². The summed E-state index contributed by atoms with van der Waals surface area (Å²) in [4.78, 5) is 0.0337. The van der Waals surface area contributed by atoms with Crippen LogP contribution < -0.4 is 0 Å². The van der Waals surface area contributed by atoms with Crippen molar-refractivity contribution in [3.8, 4) is 0 Å². The molecule has 1 aromatic rings. The van der Waals surface area contributed by atoms with Crippen molar-refractivity contribution in [1.29, 1.82) is 0 Å². The quantitative estimate of drug-likeness (QED) is 0.636. The molecule has 0 radical (unpaired) electrons. The van der Waals surface area contributed by atoms with E-state index in [4.69, 9.17) is 0 Å². The summed E-state index contributed by atoms with van der Waals surface area (Å²) < 4.78 is 35.7. The maximum Gasteiger partial charge on any atom is 0.142 e. The lowest BCUT2D eigenvalue weighted by atomic mass is 10.3. The Balaban J connectivity index is 3.20. The van der Waals surface area contributed by atoms with E-state index in [0.29, 0.717) is 0 Å². The van der Waals surface area contributed by atoms with Crippen molar-refractivity contribution < 1.29 is 13.0 Å². The van der Waals surface area contributed by atoms with Crippen LogP contribution in [0.3, 0.4) is 0 Å². The topological polar surface area (TPSA) is 17.1 Å². The molecule has 0 saturated heterocycles. The number of rotatable bonds is 1. The molecule has 0 N–H and O–H groups in total. The van der Waals surface area contributed by atoms with Gasteiger partial charge in [-0.15, -0.1) is 0 Å². The highest BCUT2D eigenvalue weighted by atomic mass is 32.2.